The van der Waals surface area contributed by atoms with Gasteiger partial charge in [0, 0.05) is 4.47 Å². The van der Waals surface area contributed by atoms with Crippen LogP contribution in [0.25, 0.3) is 0 Å². The topological polar surface area (TPSA) is 38.3 Å². The zero-order chi connectivity index (χ0) is 10.3. The predicted octanol–water partition coefficient (Wildman–Crippen LogP) is 2.56. The van der Waals surface area contributed by atoms with Crippen LogP contribution >= 0.6 is 15.9 Å². The van der Waals surface area contributed by atoms with E-state index in [4.69, 9.17) is 4.74 Å². The van der Waals surface area contributed by atoms with Crippen LogP contribution in [0.1, 0.15) is 13.8 Å². The Morgan fingerprint density at radius 2 is 2.14 bits per heavy atom. The monoisotopic (exact) mass is 255 g/mol. The molecule has 0 bridgehead atoms. The number of ether oxygens (including phenoxy) is 1. The molecular weight excluding hydrogens is 246 g/mol. The quantitative estimate of drug-likeness (QED) is 0.774. The van der Waals surface area contributed by atoms with Crippen molar-refractivity contribution in [1.82, 2.24) is 0 Å². The summed E-state index contributed by atoms with van der Waals surface area (Å²) in [5, 5.41) is 2.79. The van der Waals surface area contributed by atoms with Crippen LogP contribution in [0.15, 0.2) is 22.7 Å². The summed E-state index contributed by atoms with van der Waals surface area (Å²) in [6.45, 7) is 3.48. The van der Waals surface area contributed by atoms with Gasteiger partial charge < -0.3 is 10.1 Å². The van der Waals surface area contributed by atoms with Crippen molar-refractivity contribution in [3.8, 4) is 5.75 Å². The van der Waals surface area contributed by atoms with Crippen molar-refractivity contribution in [2.45, 2.75) is 19.4 Å². The summed E-state index contributed by atoms with van der Waals surface area (Å²) in [4.78, 5) is 11.5. The molecule has 3 nitrogen and oxygen atoms in total. The van der Waals surface area contributed by atoms with E-state index in [1.54, 1.807) is 13.8 Å². The van der Waals surface area contributed by atoms with Crippen molar-refractivity contribution in [1.29, 1.82) is 0 Å². The fraction of sp³-hybridized carbons (Fsp3) is 0.300. The molecule has 0 aliphatic carbocycles. The van der Waals surface area contributed by atoms with Crippen molar-refractivity contribution < 1.29 is 9.53 Å². The van der Waals surface area contributed by atoms with Gasteiger partial charge in [0.25, 0.3) is 5.91 Å². The van der Waals surface area contributed by atoms with Crippen molar-refractivity contribution >= 4 is 27.5 Å². The Bertz CT molecular complexity index is 401. The van der Waals surface area contributed by atoms with Gasteiger partial charge in [-0.2, -0.15) is 0 Å². The number of anilines is 1. The Labute approximate surface area is 90.6 Å². The summed E-state index contributed by atoms with van der Waals surface area (Å²) in [6.07, 6.45) is 0. The van der Waals surface area contributed by atoms with Crippen LogP contribution in [0.3, 0.4) is 0 Å². The molecule has 14 heavy (non-hydrogen) atoms. The van der Waals surface area contributed by atoms with Gasteiger partial charge in [0.2, 0.25) is 0 Å². The Morgan fingerprint density at radius 1 is 1.43 bits per heavy atom. The lowest BCUT2D eigenvalue weighted by Crippen LogP contribution is -2.45. The number of halogens is 1. The molecule has 74 valence electrons. The number of benzene rings is 1. The molecular formula is C10H10BrNO2. The third-order valence-corrected chi connectivity index (χ3v) is 2.60. The second kappa shape index (κ2) is 2.98. The van der Waals surface area contributed by atoms with Gasteiger partial charge in [-0.3, -0.25) is 4.79 Å². The Morgan fingerprint density at radius 3 is 2.86 bits per heavy atom. The van der Waals surface area contributed by atoms with Crippen molar-refractivity contribution in [3.05, 3.63) is 22.7 Å². The first-order chi connectivity index (χ1) is 6.49. The predicted molar refractivity (Wildman–Crippen MR) is 57.5 cm³/mol. The highest BCUT2D eigenvalue weighted by Gasteiger charge is 2.35. The van der Waals surface area contributed by atoms with Crippen molar-refractivity contribution in [2.75, 3.05) is 5.32 Å². The van der Waals surface area contributed by atoms with E-state index in [1.807, 2.05) is 18.2 Å². The lowest BCUT2D eigenvalue weighted by molar-refractivity contribution is -0.129. The minimum atomic E-state index is -0.798. The molecule has 4 heteroatoms. The molecule has 1 N–H and O–H groups in total. The molecule has 1 heterocycles. The van der Waals surface area contributed by atoms with Gasteiger partial charge >= 0.3 is 0 Å². The Balaban J connectivity index is 2.46. The smallest absolute Gasteiger partial charge is 0.268 e. The molecule has 0 unspecified atom stereocenters. The SMILES string of the molecule is CC1(C)Oc2cc(Br)ccc2NC1=O. The van der Waals surface area contributed by atoms with Crippen molar-refractivity contribution in [2.24, 2.45) is 0 Å². The van der Waals surface area contributed by atoms with Crippen LogP contribution in [0.4, 0.5) is 5.69 Å². The number of carbonyl (C=O) groups is 1. The first kappa shape index (κ1) is 9.52. The van der Waals surface area contributed by atoms with E-state index in [0.29, 0.717) is 5.75 Å². The second-order valence-corrected chi connectivity index (χ2v) is 4.62. The number of amides is 1. The minimum Gasteiger partial charge on any atom is -0.476 e. The van der Waals surface area contributed by atoms with E-state index in [1.165, 1.54) is 0 Å². The molecule has 0 saturated carbocycles. The average Bonchev–Trinajstić information content (AvgIpc) is 2.07. The maximum Gasteiger partial charge on any atom is 0.268 e. The summed E-state index contributed by atoms with van der Waals surface area (Å²) < 4.78 is 6.50. The number of hydrogen-bond donors (Lipinski definition) is 1. The van der Waals surface area contributed by atoms with E-state index in [2.05, 4.69) is 21.2 Å². The molecule has 0 radical (unpaired) electrons. The molecule has 1 aromatic carbocycles. The van der Waals surface area contributed by atoms with Gasteiger partial charge in [-0.15, -0.1) is 0 Å². The maximum atomic E-state index is 11.5. The first-order valence-electron chi connectivity index (χ1n) is 4.29. The number of hydrogen-bond acceptors (Lipinski definition) is 2. The number of rotatable bonds is 0. The standard InChI is InChI=1S/C10H10BrNO2/c1-10(2)9(13)12-7-4-3-6(11)5-8(7)14-10/h3-5H,1-2H3,(H,12,13). The summed E-state index contributed by atoms with van der Waals surface area (Å²) in [5.74, 6) is 0.580. The number of nitrogens with one attached hydrogen (secondary N) is 1. The molecule has 0 atom stereocenters. The van der Waals surface area contributed by atoms with E-state index < -0.39 is 5.60 Å². The van der Waals surface area contributed by atoms with Gasteiger partial charge in [0.05, 0.1) is 5.69 Å². The summed E-state index contributed by atoms with van der Waals surface area (Å²) >= 11 is 3.35. The molecule has 0 spiro atoms. The van der Waals surface area contributed by atoms with E-state index in [0.717, 1.165) is 10.2 Å². The second-order valence-electron chi connectivity index (χ2n) is 3.71. The minimum absolute atomic E-state index is 0.118. The molecule has 1 aromatic rings. The Kier molecular flexibility index (Phi) is 2.03. The lowest BCUT2D eigenvalue weighted by Gasteiger charge is -2.31. The molecule has 1 amide bonds. The van der Waals surface area contributed by atoms with Gasteiger partial charge in [0.15, 0.2) is 5.60 Å². The maximum absolute atomic E-state index is 11.5. The van der Waals surface area contributed by atoms with Gasteiger partial charge in [-0.25, -0.2) is 0 Å². The van der Waals surface area contributed by atoms with Gasteiger partial charge in [0.1, 0.15) is 5.75 Å². The van der Waals surface area contributed by atoms with Crippen LogP contribution in [-0.4, -0.2) is 11.5 Å². The molecule has 0 fully saturated rings. The zero-order valence-corrected chi connectivity index (χ0v) is 9.51. The van der Waals surface area contributed by atoms with Crippen molar-refractivity contribution in [3.63, 3.8) is 0 Å². The fourth-order valence-corrected chi connectivity index (χ4v) is 1.62. The van der Waals surface area contributed by atoms with E-state index in [-0.39, 0.29) is 5.91 Å². The fourth-order valence-electron chi connectivity index (χ4n) is 1.28. The van der Waals surface area contributed by atoms with E-state index >= 15 is 0 Å². The van der Waals surface area contributed by atoms with Crippen LogP contribution in [0.2, 0.25) is 0 Å². The molecule has 1 aliphatic heterocycles. The highest BCUT2D eigenvalue weighted by Crippen LogP contribution is 2.35. The average molecular weight is 256 g/mol. The molecule has 2 rings (SSSR count). The van der Waals surface area contributed by atoms with Crippen LogP contribution in [0.5, 0.6) is 5.75 Å². The van der Waals surface area contributed by atoms with Crippen LogP contribution in [-0.2, 0) is 4.79 Å². The molecule has 0 aromatic heterocycles. The number of fused-ring (bicyclic) bond motifs is 1. The molecule has 1 aliphatic rings. The zero-order valence-electron chi connectivity index (χ0n) is 7.93. The largest absolute Gasteiger partial charge is 0.476 e. The highest BCUT2D eigenvalue weighted by molar-refractivity contribution is 9.10. The van der Waals surface area contributed by atoms with Crippen LogP contribution in [0, 0.1) is 0 Å². The number of carbonyl (C=O) groups excluding carboxylic acids is 1. The summed E-state index contributed by atoms with van der Waals surface area (Å²) in [6, 6.07) is 5.52. The lowest BCUT2D eigenvalue weighted by atomic mass is 10.1. The van der Waals surface area contributed by atoms with Gasteiger partial charge in [-0.1, -0.05) is 15.9 Å². The third-order valence-electron chi connectivity index (χ3n) is 2.10. The highest BCUT2D eigenvalue weighted by atomic mass is 79.9. The van der Waals surface area contributed by atoms with E-state index in [9.17, 15) is 4.79 Å². The van der Waals surface area contributed by atoms with Crippen LogP contribution < -0.4 is 10.1 Å². The van der Waals surface area contributed by atoms with Gasteiger partial charge in [-0.05, 0) is 32.0 Å². The normalized spacial score (nSPS) is 18.1. The summed E-state index contributed by atoms with van der Waals surface area (Å²) in [7, 11) is 0. The molecule has 0 saturated heterocycles. The first-order valence-corrected chi connectivity index (χ1v) is 5.08. The Hall–Kier alpha value is -1.03. The third kappa shape index (κ3) is 1.50. The summed E-state index contributed by atoms with van der Waals surface area (Å²) in [5.41, 5.74) is -0.0779.